The summed E-state index contributed by atoms with van der Waals surface area (Å²) in [6.07, 6.45) is 2.14. The van der Waals surface area contributed by atoms with E-state index in [4.69, 9.17) is 11.6 Å². The van der Waals surface area contributed by atoms with Crippen molar-refractivity contribution in [3.8, 4) is 0 Å². The van der Waals surface area contributed by atoms with Crippen molar-refractivity contribution < 1.29 is 22.0 Å². The number of nitrogens with zero attached hydrogens (tertiary/aromatic N) is 2. The van der Waals surface area contributed by atoms with Crippen molar-refractivity contribution in [2.45, 2.75) is 28.4 Å². The third kappa shape index (κ3) is 5.44. The molecular weight excluding hydrogens is 444 g/mol. The molecule has 0 saturated carbocycles. The highest BCUT2D eigenvalue weighted by molar-refractivity contribution is 7.99. The normalized spacial score (nSPS) is 16.1. The van der Waals surface area contributed by atoms with Crippen LogP contribution in [-0.4, -0.2) is 42.5 Å². The fraction of sp³-hybridized carbons (Fsp3) is 0.333. The first-order valence-electron chi connectivity index (χ1n) is 8.74. The number of halogens is 3. The Morgan fingerprint density at radius 3 is 2.45 bits per heavy atom. The fourth-order valence-corrected chi connectivity index (χ4v) is 5.42. The number of amides is 1. The summed E-state index contributed by atoms with van der Waals surface area (Å²) in [4.78, 5) is 16.6. The van der Waals surface area contributed by atoms with E-state index < -0.39 is 15.8 Å². The van der Waals surface area contributed by atoms with E-state index in [2.05, 4.69) is 10.3 Å². The molecule has 1 aliphatic rings. The number of alkyl halides is 2. The summed E-state index contributed by atoms with van der Waals surface area (Å²) in [7, 11) is -3.77. The van der Waals surface area contributed by atoms with Gasteiger partial charge < -0.3 is 5.32 Å². The van der Waals surface area contributed by atoms with Gasteiger partial charge in [0.05, 0.1) is 0 Å². The monoisotopic (exact) mass is 461 g/mol. The lowest BCUT2D eigenvalue weighted by atomic mass is 9.97. The van der Waals surface area contributed by atoms with Crippen molar-refractivity contribution in [3.05, 3.63) is 47.7 Å². The van der Waals surface area contributed by atoms with E-state index in [1.54, 1.807) is 12.1 Å². The average molecular weight is 462 g/mol. The molecular formula is C18H18ClF2N3O3S2. The first-order chi connectivity index (χ1) is 13.8. The van der Waals surface area contributed by atoms with Crippen LogP contribution in [0.4, 0.5) is 14.5 Å². The maximum Gasteiger partial charge on any atom is 0.288 e. The van der Waals surface area contributed by atoms with Crippen molar-refractivity contribution >= 4 is 45.0 Å². The zero-order chi connectivity index (χ0) is 21.0. The Bertz CT molecular complexity index is 967. The number of thioether (sulfide) groups is 1. The number of rotatable bonds is 6. The van der Waals surface area contributed by atoms with Crippen LogP contribution in [0.2, 0.25) is 5.15 Å². The molecule has 29 heavy (non-hydrogen) atoms. The van der Waals surface area contributed by atoms with Gasteiger partial charge in [-0.1, -0.05) is 23.4 Å². The Hall–Kier alpha value is -1.75. The molecule has 11 heteroatoms. The number of carbonyl (C=O) groups is 1. The zero-order valence-electron chi connectivity index (χ0n) is 15.1. The minimum Gasteiger partial charge on any atom is -0.326 e. The maximum absolute atomic E-state index is 12.7. The molecule has 2 aromatic rings. The number of benzene rings is 1. The molecule has 1 amide bonds. The number of anilines is 1. The van der Waals surface area contributed by atoms with Crippen molar-refractivity contribution in [3.63, 3.8) is 0 Å². The van der Waals surface area contributed by atoms with E-state index in [9.17, 15) is 22.0 Å². The topological polar surface area (TPSA) is 79.4 Å². The summed E-state index contributed by atoms with van der Waals surface area (Å²) in [5.74, 6) is -3.07. The zero-order valence-corrected chi connectivity index (χ0v) is 17.5. The van der Waals surface area contributed by atoms with Gasteiger partial charge >= 0.3 is 0 Å². The van der Waals surface area contributed by atoms with Crippen molar-refractivity contribution in [2.24, 2.45) is 5.92 Å². The molecule has 0 unspecified atom stereocenters. The van der Waals surface area contributed by atoms with Crippen LogP contribution in [0.15, 0.2) is 52.4 Å². The minimum atomic E-state index is -3.77. The van der Waals surface area contributed by atoms with Crippen LogP contribution in [0.5, 0.6) is 0 Å². The first-order valence-corrected chi connectivity index (χ1v) is 11.4. The molecule has 0 spiro atoms. The van der Waals surface area contributed by atoms with E-state index in [1.165, 1.54) is 34.8 Å². The predicted molar refractivity (Wildman–Crippen MR) is 108 cm³/mol. The first kappa shape index (κ1) is 21.9. The Kier molecular flexibility index (Phi) is 7.10. The average Bonchev–Trinajstić information content (AvgIpc) is 2.69. The summed E-state index contributed by atoms with van der Waals surface area (Å²) in [5.41, 5.74) is 0.505. The highest BCUT2D eigenvalue weighted by atomic mass is 35.5. The Balaban J connectivity index is 1.57. The van der Waals surface area contributed by atoms with Gasteiger partial charge in [0.2, 0.25) is 15.9 Å². The molecule has 1 aromatic heterocycles. The Morgan fingerprint density at radius 1 is 1.21 bits per heavy atom. The molecule has 156 valence electrons. The third-order valence-corrected chi connectivity index (χ3v) is 7.58. The quantitative estimate of drug-likeness (QED) is 0.517. The number of hydrogen-bond donors (Lipinski definition) is 1. The minimum absolute atomic E-state index is 0.0497. The lowest BCUT2D eigenvalue weighted by molar-refractivity contribution is -0.120. The summed E-state index contributed by atoms with van der Waals surface area (Å²) < 4.78 is 51.5. The predicted octanol–water partition coefficient (Wildman–Crippen LogP) is 4.09. The van der Waals surface area contributed by atoms with Crippen LogP contribution in [0.1, 0.15) is 12.8 Å². The van der Waals surface area contributed by atoms with Crippen LogP contribution >= 0.6 is 23.4 Å². The number of carbonyl (C=O) groups excluding carboxylic acids is 1. The lowest BCUT2D eigenvalue weighted by Crippen LogP contribution is -2.41. The van der Waals surface area contributed by atoms with E-state index in [0.717, 1.165) is 0 Å². The standard InChI is InChI=1S/C18H18ClF2N3O3S2/c19-16-15(2-1-9-22-16)29(26,27)24-10-7-12(8-11-24)17(25)23-13-3-5-14(6-4-13)28-18(20)21/h1-6,9,12,18H,7-8,10-11H2,(H,23,25). The smallest absolute Gasteiger partial charge is 0.288 e. The highest BCUT2D eigenvalue weighted by Gasteiger charge is 2.33. The molecule has 1 fully saturated rings. The summed E-state index contributed by atoms with van der Waals surface area (Å²) in [6, 6.07) is 9.06. The van der Waals surface area contributed by atoms with Crippen LogP contribution in [-0.2, 0) is 14.8 Å². The molecule has 0 bridgehead atoms. The molecule has 1 saturated heterocycles. The molecule has 2 heterocycles. The number of hydrogen-bond acceptors (Lipinski definition) is 5. The van der Waals surface area contributed by atoms with Crippen LogP contribution < -0.4 is 5.32 Å². The Morgan fingerprint density at radius 2 is 1.86 bits per heavy atom. The van der Waals surface area contributed by atoms with Gasteiger partial charge in [0.1, 0.15) is 10.0 Å². The van der Waals surface area contributed by atoms with Gasteiger partial charge in [-0.2, -0.15) is 13.1 Å². The molecule has 6 nitrogen and oxygen atoms in total. The number of piperidine rings is 1. The van der Waals surface area contributed by atoms with Gasteiger partial charge in [0.25, 0.3) is 5.76 Å². The summed E-state index contributed by atoms with van der Waals surface area (Å²) in [6.45, 7) is 0.380. The number of nitrogens with one attached hydrogen (secondary N) is 1. The van der Waals surface area contributed by atoms with Crippen LogP contribution in [0.3, 0.4) is 0 Å². The number of aromatic nitrogens is 1. The van der Waals surface area contributed by atoms with Gasteiger partial charge in [0.15, 0.2) is 0 Å². The van der Waals surface area contributed by atoms with E-state index in [-0.39, 0.29) is 35.0 Å². The second kappa shape index (κ2) is 9.38. The summed E-state index contributed by atoms with van der Waals surface area (Å²) >= 11 is 6.35. The van der Waals surface area contributed by atoms with Crippen molar-refractivity contribution in [1.82, 2.24) is 9.29 Å². The third-order valence-electron chi connectivity index (χ3n) is 4.51. The highest BCUT2D eigenvalue weighted by Crippen LogP contribution is 2.29. The second-order valence-electron chi connectivity index (χ2n) is 6.36. The molecule has 0 radical (unpaired) electrons. The van der Waals surface area contributed by atoms with Gasteiger partial charge in [-0.15, -0.1) is 0 Å². The van der Waals surface area contributed by atoms with Crippen LogP contribution in [0, 0.1) is 5.92 Å². The van der Waals surface area contributed by atoms with Gasteiger partial charge in [0, 0.05) is 35.8 Å². The maximum atomic E-state index is 12.7. The number of pyridine rings is 1. The molecule has 1 aliphatic heterocycles. The van der Waals surface area contributed by atoms with Crippen molar-refractivity contribution in [1.29, 1.82) is 0 Å². The molecule has 0 atom stereocenters. The SMILES string of the molecule is O=C(Nc1ccc(SC(F)F)cc1)C1CCN(S(=O)(=O)c2cccnc2Cl)CC1. The van der Waals surface area contributed by atoms with Crippen molar-refractivity contribution in [2.75, 3.05) is 18.4 Å². The van der Waals surface area contributed by atoms with E-state index >= 15 is 0 Å². The van der Waals surface area contributed by atoms with Gasteiger partial charge in [-0.25, -0.2) is 13.4 Å². The van der Waals surface area contributed by atoms with Gasteiger partial charge in [-0.3, -0.25) is 4.79 Å². The molecule has 3 rings (SSSR count). The van der Waals surface area contributed by atoms with E-state index in [1.807, 2.05) is 0 Å². The van der Waals surface area contributed by atoms with E-state index in [0.29, 0.717) is 35.2 Å². The lowest BCUT2D eigenvalue weighted by Gasteiger charge is -2.30. The summed E-state index contributed by atoms with van der Waals surface area (Å²) in [5, 5.41) is 2.67. The molecule has 1 N–H and O–H groups in total. The van der Waals surface area contributed by atoms with Gasteiger partial charge in [-0.05, 0) is 49.2 Å². The fourth-order valence-electron chi connectivity index (χ4n) is 3.03. The largest absolute Gasteiger partial charge is 0.326 e. The second-order valence-corrected chi connectivity index (χ2v) is 9.69. The molecule has 0 aliphatic carbocycles. The molecule has 1 aromatic carbocycles. The number of sulfonamides is 1. The Labute approximate surface area is 176 Å². The van der Waals surface area contributed by atoms with Crippen LogP contribution in [0.25, 0.3) is 0 Å².